The topological polar surface area (TPSA) is 159 Å². The molecule has 4 rings (SSSR count). The van der Waals surface area contributed by atoms with E-state index in [0.717, 1.165) is 11.3 Å². The zero-order chi connectivity index (χ0) is 25.8. The Bertz CT molecular complexity index is 1290. The molecule has 0 radical (unpaired) electrons. The number of nitrogens with zero attached hydrogens (tertiary/aromatic N) is 3. The molecule has 0 bridgehead atoms. The molecule has 13 heteroatoms. The van der Waals surface area contributed by atoms with Gasteiger partial charge in [-0.3, -0.25) is 14.9 Å². The fourth-order valence-corrected chi connectivity index (χ4v) is 4.62. The van der Waals surface area contributed by atoms with Crippen molar-refractivity contribution in [2.75, 3.05) is 32.6 Å². The summed E-state index contributed by atoms with van der Waals surface area (Å²) < 4.78 is 16.0. The lowest BCUT2D eigenvalue weighted by Gasteiger charge is -2.26. The van der Waals surface area contributed by atoms with Crippen LogP contribution in [-0.4, -0.2) is 60.2 Å². The zero-order valence-corrected chi connectivity index (χ0v) is 20.2. The average molecular weight is 514 g/mol. The van der Waals surface area contributed by atoms with Gasteiger partial charge in [-0.15, -0.1) is 0 Å². The first-order valence-electron chi connectivity index (χ1n) is 10.8. The van der Waals surface area contributed by atoms with Crippen molar-refractivity contribution in [3.63, 3.8) is 0 Å². The highest BCUT2D eigenvalue weighted by Crippen LogP contribution is 2.43. The fourth-order valence-electron chi connectivity index (χ4n) is 3.45. The molecule has 0 atom stereocenters. The molecule has 1 aromatic carbocycles. The molecule has 0 unspecified atom stereocenters. The Hall–Kier alpha value is -4.07. The minimum atomic E-state index is -1.08. The van der Waals surface area contributed by atoms with Crippen LogP contribution in [0.15, 0.2) is 42.5 Å². The molecule has 3 aromatic rings. The summed E-state index contributed by atoms with van der Waals surface area (Å²) >= 11 is 1.05. The molecule has 1 aliphatic rings. The number of nitrogens with one attached hydrogen (secondary N) is 1. The molecule has 36 heavy (non-hydrogen) atoms. The largest absolute Gasteiger partial charge is 0.469 e. The molecular formula is C23H23N5O7S. The van der Waals surface area contributed by atoms with Gasteiger partial charge in [0.25, 0.3) is 11.6 Å². The molecule has 1 aliphatic heterocycles. The normalized spacial score (nSPS) is 13.2. The van der Waals surface area contributed by atoms with Crippen LogP contribution in [0.4, 0.5) is 16.3 Å². The number of nitro groups is 1. The maximum atomic E-state index is 13.5. The molecule has 2 aromatic heterocycles. The van der Waals surface area contributed by atoms with Crippen LogP contribution >= 0.6 is 11.3 Å². The van der Waals surface area contributed by atoms with Crippen molar-refractivity contribution in [2.45, 2.75) is 12.6 Å². The Morgan fingerprint density at radius 3 is 2.56 bits per heavy atom. The predicted molar refractivity (Wildman–Crippen MR) is 131 cm³/mol. The molecule has 12 nitrogen and oxygen atoms in total. The first kappa shape index (κ1) is 25.0. The number of thiophene rings is 1. The number of benzene rings is 1. The van der Waals surface area contributed by atoms with Gasteiger partial charge >= 0.3 is 6.09 Å². The van der Waals surface area contributed by atoms with Crippen molar-refractivity contribution >= 4 is 34.8 Å². The smallest absolute Gasteiger partial charge is 0.410 e. The van der Waals surface area contributed by atoms with E-state index in [4.69, 9.17) is 19.9 Å². The van der Waals surface area contributed by atoms with Gasteiger partial charge in [0.15, 0.2) is 5.06 Å². The SMILES string of the molecule is CN(C)Cc1c(-c2ccc([N+](=O)[O-])cc2)sc(OC(N)=O)c1C(=O)Nc1cccc(OC2COC2)n1. The second-order valence-electron chi connectivity index (χ2n) is 8.13. The molecular weight excluding hydrogens is 490 g/mol. The number of hydrogen-bond donors (Lipinski definition) is 2. The summed E-state index contributed by atoms with van der Waals surface area (Å²) in [5.74, 6) is 0.00547. The molecule has 2 amide bonds. The van der Waals surface area contributed by atoms with Crippen molar-refractivity contribution in [1.29, 1.82) is 0 Å². The van der Waals surface area contributed by atoms with Crippen LogP contribution in [-0.2, 0) is 11.3 Å². The maximum Gasteiger partial charge on any atom is 0.410 e. The van der Waals surface area contributed by atoms with E-state index in [1.54, 1.807) is 30.3 Å². The number of nitro benzene ring substituents is 1. The van der Waals surface area contributed by atoms with E-state index in [-0.39, 0.29) is 28.2 Å². The van der Waals surface area contributed by atoms with Crippen molar-refractivity contribution < 1.29 is 28.7 Å². The van der Waals surface area contributed by atoms with Crippen LogP contribution in [0.1, 0.15) is 15.9 Å². The fraction of sp³-hybridized carbons (Fsp3) is 0.261. The number of non-ortho nitro benzene ring substituents is 1. The lowest BCUT2D eigenvalue weighted by atomic mass is 10.0. The second-order valence-corrected chi connectivity index (χ2v) is 9.11. The summed E-state index contributed by atoms with van der Waals surface area (Å²) in [6.07, 6.45) is -1.17. The van der Waals surface area contributed by atoms with E-state index < -0.39 is 16.9 Å². The average Bonchev–Trinajstić information content (AvgIpc) is 3.13. The van der Waals surface area contributed by atoms with Crippen LogP contribution in [0.25, 0.3) is 10.4 Å². The van der Waals surface area contributed by atoms with Crippen LogP contribution in [0.2, 0.25) is 0 Å². The quantitative estimate of drug-likeness (QED) is 0.323. The summed E-state index contributed by atoms with van der Waals surface area (Å²) in [4.78, 5) is 42.4. The van der Waals surface area contributed by atoms with Crippen LogP contribution in [0, 0.1) is 10.1 Å². The number of amides is 2. The molecule has 0 aliphatic carbocycles. The standard InChI is InChI=1S/C23H23N5O7S/c1-27(2)10-16-19(21(29)26-17-4-3-5-18(25-17)34-15-11-33-12-15)22(35-23(24)30)36-20(16)13-6-8-14(9-7-13)28(31)32/h3-9,15H,10-12H2,1-2H3,(H2,24,30)(H,25,26,29). The van der Waals surface area contributed by atoms with Gasteiger partial charge in [0.1, 0.15) is 11.9 Å². The molecule has 3 N–H and O–H groups in total. The van der Waals surface area contributed by atoms with Gasteiger partial charge in [-0.1, -0.05) is 17.4 Å². The van der Waals surface area contributed by atoms with E-state index in [2.05, 4.69) is 10.3 Å². The number of rotatable bonds is 9. The number of carbonyl (C=O) groups is 2. The lowest BCUT2D eigenvalue weighted by molar-refractivity contribution is -0.384. The maximum absolute atomic E-state index is 13.5. The lowest BCUT2D eigenvalue weighted by Crippen LogP contribution is -2.38. The third-order valence-electron chi connectivity index (χ3n) is 5.07. The molecule has 188 valence electrons. The van der Waals surface area contributed by atoms with Gasteiger partial charge in [-0.25, -0.2) is 4.79 Å². The Morgan fingerprint density at radius 2 is 1.97 bits per heavy atom. The summed E-state index contributed by atoms with van der Waals surface area (Å²) in [5, 5.41) is 13.8. The van der Waals surface area contributed by atoms with Gasteiger partial charge in [0, 0.05) is 35.2 Å². The van der Waals surface area contributed by atoms with E-state index >= 15 is 0 Å². The van der Waals surface area contributed by atoms with Gasteiger partial charge in [0.05, 0.1) is 23.7 Å². The van der Waals surface area contributed by atoms with E-state index in [9.17, 15) is 19.7 Å². The second kappa shape index (κ2) is 10.7. The van der Waals surface area contributed by atoms with Gasteiger partial charge in [-0.2, -0.15) is 4.98 Å². The molecule has 3 heterocycles. The number of ether oxygens (including phenoxy) is 3. The monoisotopic (exact) mass is 513 g/mol. The van der Waals surface area contributed by atoms with Crippen molar-refractivity contribution in [3.8, 4) is 21.4 Å². The van der Waals surface area contributed by atoms with Gasteiger partial charge in [0.2, 0.25) is 5.88 Å². The minimum absolute atomic E-state index is 0.00391. The third kappa shape index (κ3) is 5.76. The summed E-state index contributed by atoms with van der Waals surface area (Å²) in [5.41, 5.74) is 6.49. The van der Waals surface area contributed by atoms with E-state index in [1.807, 2.05) is 19.0 Å². The number of aromatic nitrogens is 1. The highest BCUT2D eigenvalue weighted by Gasteiger charge is 2.28. The number of primary amides is 1. The number of nitrogens with two attached hydrogens (primary N) is 1. The van der Waals surface area contributed by atoms with Crippen molar-refractivity contribution in [3.05, 3.63) is 63.7 Å². The van der Waals surface area contributed by atoms with Gasteiger partial charge < -0.3 is 30.2 Å². The number of carbonyl (C=O) groups excluding carboxylic acids is 2. The minimum Gasteiger partial charge on any atom is -0.469 e. The van der Waals surface area contributed by atoms with E-state index in [0.29, 0.717) is 41.6 Å². The Balaban J connectivity index is 1.71. The highest BCUT2D eigenvalue weighted by molar-refractivity contribution is 7.18. The van der Waals surface area contributed by atoms with Crippen LogP contribution < -0.4 is 20.5 Å². The van der Waals surface area contributed by atoms with Crippen molar-refractivity contribution in [1.82, 2.24) is 9.88 Å². The van der Waals surface area contributed by atoms with Crippen molar-refractivity contribution in [2.24, 2.45) is 5.73 Å². The number of anilines is 1. The molecule has 0 saturated carbocycles. The molecule has 1 fully saturated rings. The highest BCUT2D eigenvalue weighted by atomic mass is 32.1. The Labute approximate surface area is 209 Å². The van der Waals surface area contributed by atoms with Gasteiger partial charge in [-0.05, 0) is 37.9 Å². The summed E-state index contributed by atoms with van der Waals surface area (Å²) in [6, 6.07) is 10.8. The summed E-state index contributed by atoms with van der Waals surface area (Å²) in [6.45, 7) is 1.26. The number of pyridine rings is 1. The Kier molecular flexibility index (Phi) is 7.43. The zero-order valence-electron chi connectivity index (χ0n) is 19.4. The van der Waals surface area contributed by atoms with Crippen LogP contribution in [0.5, 0.6) is 10.9 Å². The predicted octanol–water partition coefficient (Wildman–Crippen LogP) is 3.27. The Morgan fingerprint density at radius 1 is 1.25 bits per heavy atom. The number of hydrogen-bond acceptors (Lipinski definition) is 10. The molecule has 1 saturated heterocycles. The molecule has 0 spiro atoms. The first-order chi connectivity index (χ1) is 17.2. The first-order valence-corrected chi connectivity index (χ1v) is 11.6. The van der Waals surface area contributed by atoms with Crippen LogP contribution in [0.3, 0.4) is 0 Å². The summed E-state index contributed by atoms with van der Waals surface area (Å²) in [7, 11) is 3.64. The third-order valence-corrected chi connectivity index (χ3v) is 6.23. The van der Waals surface area contributed by atoms with E-state index in [1.165, 1.54) is 12.1 Å².